The number of hydrogen-bond acceptors (Lipinski definition) is 5. The van der Waals surface area contributed by atoms with Gasteiger partial charge in [-0.15, -0.1) is 0 Å². The lowest BCUT2D eigenvalue weighted by molar-refractivity contribution is -0.146. The van der Waals surface area contributed by atoms with E-state index in [1.807, 2.05) is 20.8 Å². The first-order valence-electron chi connectivity index (χ1n) is 7.24. The molecule has 1 heterocycles. The summed E-state index contributed by atoms with van der Waals surface area (Å²) in [6.45, 7) is 9.04. The van der Waals surface area contributed by atoms with Crippen molar-refractivity contribution in [2.75, 3.05) is 33.4 Å². The summed E-state index contributed by atoms with van der Waals surface area (Å²) in [6, 6.07) is 0.0324. The fourth-order valence-electron chi connectivity index (χ4n) is 2.43. The van der Waals surface area contributed by atoms with Crippen LogP contribution in [-0.2, 0) is 14.3 Å². The van der Waals surface area contributed by atoms with E-state index in [9.17, 15) is 4.79 Å². The Balaban J connectivity index is 2.45. The van der Waals surface area contributed by atoms with E-state index in [0.29, 0.717) is 19.3 Å². The lowest BCUT2D eigenvalue weighted by atomic mass is 10.1. The summed E-state index contributed by atoms with van der Waals surface area (Å²) in [5, 5.41) is 3.29. The molecule has 1 aliphatic heterocycles. The van der Waals surface area contributed by atoms with Gasteiger partial charge in [0.15, 0.2) is 0 Å². The van der Waals surface area contributed by atoms with Crippen LogP contribution in [0.2, 0.25) is 0 Å². The van der Waals surface area contributed by atoms with Crippen LogP contribution in [-0.4, -0.2) is 62.4 Å². The molecule has 0 aromatic carbocycles. The molecule has 0 amide bonds. The Hall–Kier alpha value is -0.650. The number of piperidine rings is 1. The lowest BCUT2D eigenvalue weighted by Gasteiger charge is -2.33. The molecule has 1 fully saturated rings. The number of carbonyl (C=O) groups excluding carboxylic acids is 1. The topological polar surface area (TPSA) is 50.8 Å². The van der Waals surface area contributed by atoms with Crippen LogP contribution in [0, 0.1) is 0 Å². The number of ether oxygens (including phenoxy) is 2. The standard InChI is InChI=1S/C14H28N2O3/c1-5-19-14(17)13(15-11(2)3)10-16-8-6-12(18-4)7-9-16/h11-13,15H,5-10H2,1-4H3. The number of carbonyl (C=O) groups is 1. The third-order valence-electron chi connectivity index (χ3n) is 3.41. The maximum absolute atomic E-state index is 11.9. The highest BCUT2D eigenvalue weighted by Gasteiger charge is 2.26. The number of esters is 1. The summed E-state index contributed by atoms with van der Waals surface area (Å²) in [7, 11) is 1.77. The minimum Gasteiger partial charge on any atom is -0.465 e. The molecule has 1 atom stereocenters. The van der Waals surface area contributed by atoms with Crippen LogP contribution in [0.5, 0.6) is 0 Å². The van der Waals surface area contributed by atoms with Crippen molar-refractivity contribution in [2.45, 2.75) is 51.8 Å². The van der Waals surface area contributed by atoms with E-state index in [-0.39, 0.29) is 18.1 Å². The van der Waals surface area contributed by atoms with Gasteiger partial charge in [-0.25, -0.2) is 0 Å². The van der Waals surface area contributed by atoms with E-state index < -0.39 is 0 Å². The van der Waals surface area contributed by atoms with E-state index in [1.165, 1.54) is 0 Å². The van der Waals surface area contributed by atoms with Crippen LogP contribution in [0.3, 0.4) is 0 Å². The Morgan fingerprint density at radius 2 is 2.00 bits per heavy atom. The van der Waals surface area contributed by atoms with Crippen molar-refractivity contribution >= 4 is 5.97 Å². The molecule has 1 aliphatic rings. The maximum Gasteiger partial charge on any atom is 0.324 e. The van der Waals surface area contributed by atoms with E-state index in [1.54, 1.807) is 7.11 Å². The SMILES string of the molecule is CCOC(=O)C(CN1CCC(OC)CC1)NC(C)C. The minimum absolute atomic E-state index is 0.148. The zero-order chi connectivity index (χ0) is 14.3. The van der Waals surface area contributed by atoms with E-state index in [2.05, 4.69) is 10.2 Å². The number of nitrogens with zero attached hydrogens (tertiary/aromatic N) is 1. The van der Waals surface area contributed by atoms with Crippen LogP contribution in [0.4, 0.5) is 0 Å². The molecule has 19 heavy (non-hydrogen) atoms. The average Bonchev–Trinajstić information content (AvgIpc) is 2.38. The molecule has 112 valence electrons. The van der Waals surface area contributed by atoms with E-state index in [4.69, 9.17) is 9.47 Å². The monoisotopic (exact) mass is 272 g/mol. The van der Waals surface area contributed by atoms with Crippen molar-refractivity contribution in [3.05, 3.63) is 0 Å². The molecule has 0 aliphatic carbocycles. The second-order valence-corrected chi connectivity index (χ2v) is 5.36. The molecular formula is C14H28N2O3. The fraction of sp³-hybridized carbons (Fsp3) is 0.929. The third kappa shape index (κ3) is 5.89. The molecule has 0 aromatic rings. The van der Waals surface area contributed by atoms with Crippen molar-refractivity contribution in [2.24, 2.45) is 0 Å². The van der Waals surface area contributed by atoms with Crippen LogP contribution in [0.25, 0.3) is 0 Å². The van der Waals surface area contributed by atoms with Gasteiger partial charge in [-0.1, -0.05) is 13.8 Å². The first-order chi connectivity index (χ1) is 9.06. The van der Waals surface area contributed by atoms with Gasteiger partial charge in [-0.3, -0.25) is 4.79 Å². The number of rotatable bonds is 7. The molecule has 0 radical (unpaired) electrons. The van der Waals surface area contributed by atoms with Gasteiger partial charge in [0.05, 0.1) is 12.7 Å². The molecule has 0 saturated carbocycles. The lowest BCUT2D eigenvalue weighted by Crippen LogP contribution is -2.51. The Morgan fingerprint density at radius 1 is 1.37 bits per heavy atom. The highest BCUT2D eigenvalue weighted by molar-refractivity contribution is 5.76. The largest absolute Gasteiger partial charge is 0.465 e. The number of likely N-dealkylation sites (tertiary alicyclic amines) is 1. The van der Waals surface area contributed by atoms with Crippen LogP contribution in [0.1, 0.15) is 33.6 Å². The first-order valence-corrected chi connectivity index (χ1v) is 7.24. The molecule has 5 nitrogen and oxygen atoms in total. The maximum atomic E-state index is 11.9. The van der Waals surface area contributed by atoms with Crippen LogP contribution in [0.15, 0.2) is 0 Å². The van der Waals surface area contributed by atoms with Gasteiger partial charge in [-0.05, 0) is 19.8 Å². The van der Waals surface area contributed by atoms with Crippen molar-refractivity contribution in [3.8, 4) is 0 Å². The molecule has 5 heteroatoms. The van der Waals surface area contributed by atoms with Crippen molar-refractivity contribution in [1.29, 1.82) is 0 Å². The summed E-state index contributed by atoms with van der Waals surface area (Å²) in [4.78, 5) is 14.2. The predicted octanol–water partition coefficient (Wildman–Crippen LogP) is 1.03. The normalized spacial score (nSPS) is 19.6. The molecule has 1 rings (SSSR count). The molecular weight excluding hydrogens is 244 g/mol. The average molecular weight is 272 g/mol. The van der Waals surface area contributed by atoms with Crippen molar-refractivity contribution in [1.82, 2.24) is 10.2 Å². The first kappa shape index (κ1) is 16.4. The summed E-state index contributed by atoms with van der Waals surface area (Å²) >= 11 is 0. The summed E-state index contributed by atoms with van der Waals surface area (Å²) in [5.74, 6) is -0.148. The Morgan fingerprint density at radius 3 is 2.47 bits per heavy atom. The summed E-state index contributed by atoms with van der Waals surface area (Å²) in [5.41, 5.74) is 0. The highest BCUT2D eigenvalue weighted by atomic mass is 16.5. The zero-order valence-corrected chi connectivity index (χ0v) is 12.6. The number of nitrogens with one attached hydrogen (secondary N) is 1. The van der Waals surface area contributed by atoms with Crippen LogP contribution < -0.4 is 5.32 Å². The number of methoxy groups -OCH3 is 1. The Labute approximate surface area is 116 Å². The Bertz CT molecular complexity index is 263. The minimum atomic E-state index is -0.237. The van der Waals surface area contributed by atoms with Gasteiger partial charge < -0.3 is 19.7 Å². The fourth-order valence-corrected chi connectivity index (χ4v) is 2.43. The molecule has 1 unspecified atom stereocenters. The zero-order valence-electron chi connectivity index (χ0n) is 12.6. The molecule has 0 bridgehead atoms. The van der Waals surface area contributed by atoms with E-state index >= 15 is 0 Å². The molecule has 0 spiro atoms. The van der Waals surface area contributed by atoms with Gasteiger partial charge in [0.25, 0.3) is 0 Å². The second kappa shape index (κ2) is 8.51. The van der Waals surface area contributed by atoms with Crippen molar-refractivity contribution in [3.63, 3.8) is 0 Å². The van der Waals surface area contributed by atoms with Gasteiger partial charge in [0.1, 0.15) is 6.04 Å². The second-order valence-electron chi connectivity index (χ2n) is 5.36. The van der Waals surface area contributed by atoms with Crippen LogP contribution >= 0.6 is 0 Å². The van der Waals surface area contributed by atoms with E-state index in [0.717, 1.165) is 25.9 Å². The molecule has 1 N–H and O–H groups in total. The third-order valence-corrected chi connectivity index (χ3v) is 3.41. The van der Waals surface area contributed by atoms with Crippen molar-refractivity contribution < 1.29 is 14.3 Å². The molecule has 0 aromatic heterocycles. The highest BCUT2D eigenvalue weighted by Crippen LogP contribution is 2.13. The summed E-state index contributed by atoms with van der Waals surface area (Å²) < 4.78 is 10.5. The van der Waals surface area contributed by atoms with Gasteiger partial charge in [0, 0.05) is 32.8 Å². The summed E-state index contributed by atoms with van der Waals surface area (Å²) in [6.07, 6.45) is 2.44. The van der Waals surface area contributed by atoms with Gasteiger partial charge in [0.2, 0.25) is 0 Å². The predicted molar refractivity (Wildman–Crippen MR) is 75.2 cm³/mol. The van der Waals surface area contributed by atoms with Gasteiger partial charge >= 0.3 is 5.97 Å². The number of hydrogen-bond donors (Lipinski definition) is 1. The quantitative estimate of drug-likeness (QED) is 0.702. The van der Waals surface area contributed by atoms with Gasteiger partial charge in [-0.2, -0.15) is 0 Å². The Kier molecular flexibility index (Phi) is 7.34. The molecule has 1 saturated heterocycles. The smallest absolute Gasteiger partial charge is 0.324 e.